The highest BCUT2D eigenvalue weighted by Crippen LogP contribution is 2.14. The Morgan fingerprint density at radius 1 is 1.00 bits per heavy atom. The number of para-hydroxylation sites is 1. The number of nitrogens with zero attached hydrogens (tertiary/aromatic N) is 6. The fourth-order valence-corrected chi connectivity index (χ4v) is 3.07. The number of anilines is 2. The highest BCUT2D eigenvalue weighted by atomic mass is 16.2. The van der Waals surface area contributed by atoms with Crippen molar-refractivity contribution in [3.63, 3.8) is 0 Å². The number of carbonyl (C=O) groups is 1. The highest BCUT2D eigenvalue weighted by Gasteiger charge is 2.20. The average molecular weight is 363 g/mol. The van der Waals surface area contributed by atoms with Gasteiger partial charge in [-0.2, -0.15) is 5.10 Å². The van der Waals surface area contributed by atoms with E-state index in [1.807, 2.05) is 42.6 Å². The molecular formula is C19H21N7O. The zero-order valence-electron chi connectivity index (χ0n) is 14.9. The van der Waals surface area contributed by atoms with Crippen molar-refractivity contribution in [2.75, 3.05) is 42.9 Å². The first-order chi connectivity index (χ1) is 13.3. The molecule has 0 spiro atoms. The molecule has 1 saturated heterocycles. The number of amides is 1. The second-order valence-electron chi connectivity index (χ2n) is 6.36. The minimum absolute atomic E-state index is 0.00937. The molecule has 8 heteroatoms. The Hall–Kier alpha value is -3.26. The zero-order valence-corrected chi connectivity index (χ0v) is 14.9. The van der Waals surface area contributed by atoms with Crippen molar-refractivity contribution in [3.05, 3.63) is 61.2 Å². The lowest BCUT2D eigenvalue weighted by Gasteiger charge is -2.34. The summed E-state index contributed by atoms with van der Waals surface area (Å²) in [6.45, 7) is 3.60. The van der Waals surface area contributed by atoms with Crippen molar-refractivity contribution in [2.45, 2.75) is 0 Å². The van der Waals surface area contributed by atoms with Crippen LogP contribution in [0.25, 0.3) is 5.82 Å². The first-order valence-corrected chi connectivity index (χ1v) is 8.92. The minimum atomic E-state index is 0.00937. The second kappa shape index (κ2) is 7.96. The van der Waals surface area contributed by atoms with Crippen LogP contribution in [-0.2, 0) is 4.79 Å². The molecule has 27 heavy (non-hydrogen) atoms. The van der Waals surface area contributed by atoms with Crippen LogP contribution in [0, 0.1) is 0 Å². The summed E-state index contributed by atoms with van der Waals surface area (Å²) in [7, 11) is 0. The summed E-state index contributed by atoms with van der Waals surface area (Å²) in [6, 6.07) is 11.4. The number of nitrogens with one attached hydrogen (secondary N) is 1. The smallest absolute Gasteiger partial charge is 0.238 e. The Labute approximate surface area is 157 Å². The molecular weight excluding hydrogens is 342 g/mol. The maximum atomic E-state index is 12.2. The highest BCUT2D eigenvalue weighted by molar-refractivity contribution is 5.92. The van der Waals surface area contributed by atoms with Crippen LogP contribution in [-0.4, -0.2) is 63.3 Å². The van der Waals surface area contributed by atoms with Gasteiger partial charge in [-0.05, 0) is 18.2 Å². The molecule has 3 aromatic rings. The zero-order chi connectivity index (χ0) is 18.5. The van der Waals surface area contributed by atoms with Gasteiger partial charge in [0, 0.05) is 44.3 Å². The van der Waals surface area contributed by atoms with Crippen LogP contribution in [0.5, 0.6) is 0 Å². The van der Waals surface area contributed by atoms with E-state index < -0.39 is 0 Å². The number of piperazine rings is 1. The van der Waals surface area contributed by atoms with E-state index in [0.717, 1.165) is 37.7 Å². The number of hydrogen-bond acceptors (Lipinski definition) is 6. The maximum absolute atomic E-state index is 12.2. The number of hydrogen-bond donors (Lipinski definition) is 1. The summed E-state index contributed by atoms with van der Waals surface area (Å²) in [5, 5.41) is 7.12. The van der Waals surface area contributed by atoms with Crippen molar-refractivity contribution in [3.8, 4) is 5.82 Å². The minimum Gasteiger partial charge on any atom is -0.353 e. The van der Waals surface area contributed by atoms with Crippen LogP contribution in [0.15, 0.2) is 61.2 Å². The predicted octanol–water partition coefficient (Wildman–Crippen LogP) is 1.42. The summed E-state index contributed by atoms with van der Waals surface area (Å²) < 4.78 is 1.70. The van der Waals surface area contributed by atoms with Crippen LogP contribution in [0.1, 0.15) is 0 Å². The van der Waals surface area contributed by atoms with Gasteiger partial charge in [0.25, 0.3) is 0 Å². The van der Waals surface area contributed by atoms with Crippen molar-refractivity contribution in [2.24, 2.45) is 0 Å². The van der Waals surface area contributed by atoms with Gasteiger partial charge in [0.1, 0.15) is 5.82 Å². The molecule has 1 N–H and O–H groups in total. The van der Waals surface area contributed by atoms with Crippen LogP contribution in [0.3, 0.4) is 0 Å². The van der Waals surface area contributed by atoms with Gasteiger partial charge in [0.2, 0.25) is 5.91 Å². The van der Waals surface area contributed by atoms with E-state index in [9.17, 15) is 4.79 Å². The average Bonchev–Trinajstić information content (AvgIpc) is 3.24. The van der Waals surface area contributed by atoms with E-state index in [0.29, 0.717) is 12.4 Å². The molecule has 8 nitrogen and oxygen atoms in total. The Morgan fingerprint density at radius 2 is 1.78 bits per heavy atom. The number of benzene rings is 1. The van der Waals surface area contributed by atoms with Crippen molar-refractivity contribution in [1.29, 1.82) is 0 Å². The lowest BCUT2D eigenvalue weighted by Crippen LogP contribution is -2.49. The molecule has 0 unspecified atom stereocenters. The molecule has 0 atom stereocenters. The van der Waals surface area contributed by atoms with Gasteiger partial charge in [-0.3, -0.25) is 14.7 Å². The van der Waals surface area contributed by atoms with Crippen molar-refractivity contribution >= 4 is 17.4 Å². The molecule has 0 bridgehead atoms. The molecule has 1 fully saturated rings. The van der Waals surface area contributed by atoms with E-state index in [1.54, 1.807) is 23.3 Å². The Morgan fingerprint density at radius 3 is 2.52 bits per heavy atom. The molecule has 1 aromatic carbocycles. The van der Waals surface area contributed by atoms with Crippen molar-refractivity contribution < 1.29 is 4.79 Å². The third-order valence-electron chi connectivity index (χ3n) is 4.47. The SMILES string of the molecule is O=C(CN1CCN(c2cncc(-n3cccn3)n2)CC1)Nc1ccccc1. The lowest BCUT2D eigenvalue weighted by molar-refractivity contribution is -0.117. The third kappa shape index (κ3) is 4.29. The standard InChI is InChI=1S/C19H21N7O/c27-19(22-16-5-2-1-3-6-16)15-24-9-11-25(12-10-24)17-13-20-14-18(23-17)26-8-4-7-21-26/h1-8,13-14H,9-12,15H2,(H,22,27). The monoisotopic (exact) mass is 363 g/mol. The first-order valence-electron chi connectivity index (χ1n) is 8.92. The summed E-state index contributed by atoms with van der Waals surface area (Å²) in [5.74, 6) is 1.54. The van der Waals surface area contributed by atoms with Crippen LogP contribution >= 0.6 is 0 Å². The fourth-order valence-electron chi connectivity index (χ4n) is 3.07. The number of rotatable bonds is 5. The van der Waals surface area contributed by atoms with E-state index in [4.69, 9.17) is 0 Å². The molecule has 4 rings (SSSR count). The van der Waals surface area contributed by atoms with E-state index in [-0.39, 0.29) is 5.91 Å². The Balaban J connectivity index is 1.31. The summed E-state index contributed by atoms with van der Waals surface area (Å²) in [6.07, 6.45) is 7.02. The fraction of sp³-hybridized carbons (Fsp3) is 0.263. The summed E-state index contributed by atoms with van der Waals surface area (Å²) in [4.78, 5) is 25.5. The number of aromatic nitrogens is 4. The summed E-state index contributed by atoms with van der Waals surface area (Å²) in [5.41, 5.74) is 0.826. The molecule has 2 aromatic heterocycles. The van der Waals surface area contributed by atoms with Crippen LogP contribution in [0.4, 0.5) is 11.5 Å². The lowest BCUT2D eigenvalue weighted by atomic mass is 10.3. The topological polar surface area (TPSA) is 79.2 Å². The van der Waals surface area contributed by atoms with E-state index >= 15 is 0 Å². The molecule has 1 aliphatic rings. The summed E-state index contributed by atoms with van der Waals surface area (Å²) >= 11 is 0. The largest absolute Gasteiger partial charge is 0.353 e. The maximum Gasteiger partial charge on any atom is 0.238 e. The number of carbonyl (C=O) groups excluding carboxylic acids is 1. The van der Waals surface area contributed by atoms with Gasteiger partial charge >= 0.3 is 0 Å². The van der Waals surface area contributed by atoms with Crippen molar-refractivity contribution in [1.82, 2.24) is 24.6 Å². The second-order valence-corrected chi connectivity index (χ2v) is 6.36. The van der Waals surface area contributed by atoms with Gasteiger partial charge in [0.05, 0.1) is 18.9 Å². The molecule has 0 radical (unpaired) electrons. The van der Waals surface area contributed by atoms with Crippen LogP contribution < -0.4 is 10.2 Å². The van der Waals surface area contributed by atoms with E-state index in [2.05, 4.69) is 30.2 Å². The quantitative estimate of drug-likeness (QED) is 0.739. The molecule has 1 aliphatic heterocycles. The third-order valence-corrected chi connectivity index (χ3v) is 4.47. The van der Waals surface area contributed by atoms with E-state index in [1.165, 1.54) is 0 Å². The van der Waals surface area contributed by atoms with Gasteiger partial charge < -0.3 is 10.2 Å². The Bertz CT molecular complexity index is 874. The van der Waals surface area contributed by atoms with Gasteiger partial charge in [-0.1, -0.05) is 18.2 Å². The van der Waals surface area contributed by atoms with Gasteiger partial charge in [-0.15, -0.1) is 0 Å². The normalized spacial score (nSPS) is 14.9. The predicted molar refractivity (Wildman–Crippen MR) is 103 cm³/mol. The molecule has 0 saturated carbocycles. The first kappa shape index (κ1) is 17.2. The molecule has 1 amide bonds. The van der Waals surface area contributed by atoms with Gasteiger partial charge in [0.15, 0.2) is 5.82 Å². The van der Waals surface area contributed by atoms with Gasteiger partial charge in [-0.25, -0.2) is 9.67 Å². The Kier molecular flexibility index (Phi) is 5.06. The molecule has 138 valence electrons. The van der Waals surface area contributed by atoms with Crippen LogP contribution in [0.2, 0.25) is 0 Å². The molecule has 3 heterocycles. The molecule has 0 aliphatic carbocycles.